The molecule has 3 rings (SSSR count). The molecule has 0 radical (unpaired) electrons. The van der Waals surface area contributed by atoms with Gasteiger partial charge in [0.2, 0.25) is 10.0 Å². The molecule has 10 heteroatoms. The van der Waals surface area contributed by atoms with Gasteiger partial charge in [-0.25, -0.2) is 13.6 Å². The highest BCUT2D eigenvalue weighted by Crippen LogP contribution is 2.33. The Morgan fingerprint density at radius 1 is 1.19 bits per heavy atom. The lowest BCUT2D eigenvalue weighted by Gasteiger charge is -2.20. The lowest BCUT2D eigenvalue weighted by atomic mass is 9.85. The molecule has 0 saturated heterocycles. The zero-order valence-electron chi connectivity index (χ0n) is 17.8. The first-order chi connectivity index (χ1) is 14.4. The van der Waals surface area contributed by atoms with Gasteiger partial charge in [-0.15, -0.1) is 0 Å². The Morgan fingerprint density at radius 2 is 1.87 bits per heavy atom. The van der Waals surface area contributed by atoms with Crippen LogP contribution >= 0.6 is 12.2 Å². The van der Waals surface area contributed by atoms with Gasteiger partial charge in [-0.1, -0.05) is 39.0 Å². The standard InChI is InChI=1S/C21H25N5O3S2/c1-5-26-16-11-10-13(21(2,3)4)12-14(16)18(19(26)27)24-25-20(30)23-15-8-6-7-9-17(15)31(22,28)29/h6-12H,5H2,1-4H3,(H2,22,28,29)(H2,23,25,30). The average Bonchev–Trinajstić information content (AvgIpc) is 2.95. The second kappa shape index (κ2) is 8.37. The average molecular weight is 460 g/mol. The van der Waals surface area contributed by atoms with Crippen molar-refractivity contribution >= 4 is 50.3 Å². The molecule has 1 aliphatic rings. The van der Waals surface area contributed by atoms with Crippen LogP contribution < -0.4 is 20.8 Å². The van der Waals surface area contributed by atoms with Gasteiger partial charge < -0.3 is 10.2 Å². The van der Waals surface area contributed by atoms with Crippen molar-refractivity contribution in [2.24, 2.45) is 10.2 Å². The quantitative estimate of drug-likeness (QED) is 0.478. The van der Waals surface area contributed by atoms with E-state index in [2.05, 4.69) is 36.6 Å². The van der Waals surface area contributed by atoms with Crippen LogP contribution in [0.3, 0.4) is 0 Å². The topological polar surface area (TPSA) is 117 Å². The third-order valence-electron chi connectivity index (χ3n) is 4.88. The Labute approximate surface area is 187 Å². The van der Waals surface area contributed by atoms with Crippen LogP contribution in [0.25, 0.3) is 0 Å². The Hall–Kier alpha value is -2.82. The molecule has 0 fully saturated rings. The van der Waals surface area contributed by atoms with Crippen molar-refractivity contribution in [3.8, 4) is 0 Å². The fourth-order valence-corrected chi connectivity index (χ4v) is 4.13. The number of hydrogen-bond donors (Lipinski definition) is 3. The summed E-state index contributed by atoms with van der Waals surface area (Å²) in [6.45, 7) is 8.69. The predicted octanol–water partition coefficient (Wildman–Crippen LogP) is 2.69. The van der Waals surface area contributed by atoms with E-state index in [1.165, 1.54) is 12.1 Å². The van der Waals surface area contributed by atoms with Gasteiger partial charge in [0.1, 0.15) is 4.90 Å². The van der Waals surface area contributed by atoms with E-state index >= 15 is 0 Å². The van der Waals surface area contributed by atoms with Crippen molar-refractivity contribution in [1.82, 2.24) is 5.43 Å². The van der Waals surface area contributed by atoms with Crippen LogP contribution in [0.5, 0.6) is 0 Å². The number of para-hydroxylation sites is 1. The number of anilines is 2. The van der Waals surface area contributed by atoms with Gasteiger partial charge in [-0.2, -0.15) is 5.10 Å². The van der Waals surface area contributed by atoms with Crippen molar-refractivity contribution in [1.29, 1.82) is 0 Å². The first-order valence-electron chi connectivity index (χ1n) is 9.66. The number of rotatable bonds is 4. The number of carbonyl (C=O) groups excluding carboxylic acids is 1. The molecule has 0 unspecified atom stereocenters. The minimum atomic E-state index is -3.93. The fraction of sp³-hybridized carbons (Fsp3) is 0.286. The number of primary sulfonamides is 1. The van der Waals surface area contributed by atoms with Crippen molar-refractivity contribution < 1.29 is 13.2 Å². The molecule has 8 nitrogen and oxygen atoms in total. The number of nitrogens with two attached hydrogens (primary N) is 1. The highest BCUT2D eigenvalue weighted by Gasteiger charge is 2.34. The molecule has 2 aromatic carbocycles. The lowest BCUT2D eigenvalue weighted by Crippen LogP contribution is -2.32. The maximum atomic E-state index is 12.9. The van der Waals surface area contributed by atoms with Crippen LogP contribution in [0.1, 0.15) is 38.8 Å². The highest BCUT2D eigenvalue weighted by atomic mass is 32.2. The zero-order valence-corrected chi connectivity index (χ0v) is 19.4. The van der Waals surface area contributed by atoms with Crippen LogP contribution in [0.2, 0.25) is 0 Å². The number of amides is 1. The Morgan fingerprint density at radius 3 is 2.48 bits per heavy atom. The molecule has 2 aromatic rings. The van der Waals surface area contributed by atoms with Gasteiger partial charge in [-0.05, 0) is 54.4 Å². The molecule has 4 N–H and O–H groups in total. The first kappa shape index (κ1) is 22.9. The van der Waals surface area contributed by atoms with Crippen LogP contribution in [-0.2, 0) is 20.2 Å². The molecular formula is C21H25N5O3S2. The van der Waals surface area contributed by atoms with E-state index in [-0.39, 0.29) is 32.7 Å². The lowest BCUT2D eigenvalue weighted by molar-refractivity contribution is -0.112. The normalized spacial score (nSPS) is 15.2. The van der Waals surface area contributed by atoms with E-state index in [4.69, 9.17) is 17.4 Å². The van der Waals surface area contributed by atoms with E-state index in [1.54, 1.807) is 17.0 Å². The molecule has 0 spiro atoms. The minimum Gasteiger partial charge on any atom is -0.330 e. The van der Waals surface area contributed by atoms with Crippen LogP contribution in [-0.4, -0.2) is 31.7 Å². The SMILES string of the molecule is CCN1C(=O)C(=NNC(=S)Nc2ccccc2S(N)(=O)=O)c2cc(C(C)(C)C)ccc21. The molecule has 31 heavy (non-hydrogen) atoms. The summed E-state index contributed by atoms with van der Waals surface area (Å²) in [6, 6.07) is 12.0. The van der Waals surface area contributed by atoms with E-state index in [0.717, 1.165) is 16.8 Å². The smallest absolute Gasteiger partial charge is 0.279 e. The van der Waals surface area contributed by atoms with Crippen LogP contribution in [0, 0.1) is 0 Å². The summed E-state index contributed by atoms with van der Waals surface area (Å²) in [7, 11) is -3.93. The Bertz CT molecular complexity index is 1180. The molecule has 0 atom stereocenters. The summed E-state index contributed by atoms with van der Waals surface area (Å²) in [5.74, 6) is -0.233. The van der Waals surface area contributed by atoms with E-state index in [0.29, 0.717) is 6.54 Å². The largest absolute Gasteiger partial charge is 0.330 e. The summed E-state index contributed by atoms with van der Waals surface area (Å²) in [5, 5.41) is 12.3. The van der Waals surface area contributed by atoms with E-state index < -0.39 is 10.0 Å². The molecular weight excluding hydrogens is 434 g/mol. The first-order valence-corrected chi connectivity index (χ1v) is 11.6. The van der Waals surface area contributed by atoms with Crippen LogP contribution in [0.4, 0.5) is 11.4 Å². The van der Waals surface area contributed by atoms with Crippen molar-refractivity contribution in [3.63, 3.8) is 0 Å². The third-order valence-corrected chi connectivity index (χ3v) is 6.05. The number of fused-ring (bicyclic) bond motifs is 1. The van der Waals surface area contributed by atoms with Crippen molar-refractivity contribution in [2.75, 3.05) is 16.8 Å². The zero-order chi connectivity index (χ0) is 23.0. The number of carbonyl (C=O) groups is 1. The summed E-state index contributed by atoms with van der Waals surface area (Å²) in [6.07, 6.45) is 0. The minimum absolute atomic E-state index is 0.0277. The Balaban J connectivity index is 1.90. The number of nitrogens with one attached hydrogen (secondary N) is 2. The van der Waals surface area contributed by atoms with Crippen molar-refractivity contribution in [2.45, 2.75) is 38.0 Å². The number of sulfonamides is 1. The predicted molar refractivity (Wildman–Crippen MR) is 127 cm³/mol. The monoisotopic (exact) mass is 459 g/mol. The van der Waals surface area contributed by atoms with Gasteiger partial charge >= 0.3 is 0 Å². The van der Waals surface area contributed by atoms with Gasteiger partial charge in [0.05, 0.1) is 11.4 Å². The molecule has 1 aliphatic heterocycles. The summed E-state index contributed by atoms with van der Waals surface area (Å²) < 4.78 is 23.5. The van der Waals surface area contributed by atoms with Gasteiger partial charge in [-0.3, -0.25) is 10.2 Å². The molecule has 0 aliphatic carbocycles. The maximum Gasteiger partial charge on any atom is 0.279 e. The number of likely N-dealkylation sites (N-methyl/N-ethyl adjacent to an activating group) is 1. The second-order valence-corrected chi connectivity index (χ2v) is 10.0. The number of benzene rings is 2. The molecule has 0 aromatic heterocycles. The van der Waals surface area contributed by atoms with Gasteiger partial charge in [0, 0.05) is 12.1 Å². The molecule has 0 saturated carbocycles. The summed E-state index contributed by atoms with van der Waals surface area (Å²) in [4.78, 5) is 14.5. The number of nitrogens with zero attached hydrogens (tertiary/aromatic N) is 2. The Kier molecular flexibility index (Phi) is 6.17. The molecule has 164 valence electrons. The van der Waals surface area contributed by atoms with E-state index in [1.807, 2.05) is 25.1 Å². The van der Waals surface area contributed by atoms with E-state index in [9.17, 15) is 13.2 Å². The fourth-order valence-electron chi connectivity index (χ4n) is 3.28. The van der Waals surface area contributed by atoms with Gasteiger partial charge in [0.25, 0.3) is 5.91 Å². The number of hydrogen-bond acceptors (Lipinski definition) is 5. The molecule has 0 bridgehead atoms. The number of thiocarbonyl (C=S) groups is 1. The molecule has 1 heterocycles. The van der Waals surface area contributed by atoms with Crippen molar-refractivity contribution in [3.05, 3.63) is 53.6 Å². The van der Waals surface area contributed by atoms with Crippen LogP contribution in [0.15, 0.2) is 52.5 Å². The summed E-state index contributed by atoms with van der Waals surface area (Å²) in [5.41, 5.74) is 5.60. The third kappa shape index (κ3) is 4.76. The maximum absolute atomic E-state index is 12.9. The number of hydrazone groups is 1. The molecule has 1 amide bonds. The summed E-state index contributed by atoms with van der Waals surface area (Å²) >= 11 is 5.24. The second-order valence-electron chi connectivity index (χ2n) is 8.10. The van der Waals surface area contributed by atoms with Gasteiger partial charge in [0.15, 0.2) is 10.8 Å². The highest BCUT2D eigenvalue weighted by molar-refractivity contribution is 7.89.